The van der Waals surface area contributed by atoms with Gasteiger partial charge in [0, 0.05) is 12.2 Å². The van der Waals surface area contributed by atoms with Gasteiger partial charge >= 0.3 is 11.9 Å². The minimum atomic E-state index is -1.55. The quantitative estimate of drug-likeness (QED) is 0.134. The highest BCUT2D eigenvalue weighted by Crippen LogP contribution is 2.06. The molecule has 0 aromatic heterocycles. The van der Waals surface area contributed by atoms with E-state index >= 15 is 0 Å². The highest BCUT2D eigenvalue weighted by molar-refractivity contribution is 7.80. The first kappa shape index (κ1) is 28.6. The van der Waals surface area contributed by atoms with Crippen LogP contribution < -0.4 is 21.7 Å². The average molecular weight is 465 g/mol. The van der Waals surface area contributed by atoms with E-state index in [0.717, 1.165) is 0 Å². The van der Waals surface area contributed by atoms with E-state index in [0.29, 0.717) is 6.42 Å². The Morgan fingerprint density at radius 1 is 0.903 bits per heavy atom. The summed E-state index contributed by atoms with van der Waals surface area (Å²) in [5, 5.41) is 34.5. The van der Waals surface area contributed by atoms with Crippen molar-refractivity contribution in [3.05, 3.63) is 0 Å². The second-order valence-electron chi connectivity index (χ2n) is 7.54. The Morgan fingerprint density at radius 2 is 1.45 bits per heavy atom. The van der Waals surface area contributed by atoms with Crippen LogP contribution in [0.25, 0.3) is 0 Å². The molecule has 0 aliphatic rings. The number of carbonyl (C=O) groups is 5. The molecule has 31 heavy (non-hydrogen) atoms. The molecule has 178 valence electrons. The van der Waals surface area contributed by atoms with Crippen LogP contribution >= 0.6 is 12.6 Å². The topological polar surface area (TPSA) is 208 Å². The zero-order valence-electron chi connectivity index (χ0n) is 17.7. The zero-order chi connectivity index (χ0) is 24.3. The molecule has 13 heteroatoms. The monoisotopic (exact) mass is 464 g/mol. The van der Waals surface area contributed by atoms with E-state index in [2.05, 4.69) is 28.6 Å². The van der Waals surface area contributed by atoms with E-state index in [1.165, 1.54) is 6.92 Å². The molecule has 0 radical (unpaired) electrons. The van der Waals surface area contributed by atoms with Gasteiger partial charge in [0.05, 0.1) is 12.1 Å². The third kappa shape index (κ3) is 11.0. The lowest BCUT2D eigenvalue weighted by atomic mass is 10.0. The smallest absolute Gasteiger partial charge is 0.327 e. The van der Waals surface area contributed by atoms with Crippen molar-refractivity contribution in [1.29, 1.82) is 0 Å². The van der Waals surface area contributed by atoms with Gasteiger partial charge in [-0.1, -0.05) is 13.8 Å². The Kier molecular flexibility index (Phi) is 12.8. The van der Waals surface area contributed by atoms with E-state index in [9.17, 15) is 29.1 Å². The molecule has 0 fully saturated rings. The number of aliphatic hydroxyl groups excluding tert-OH is 1. The first-order chi connectivity index (χ1) is 14.3. The van der Waals surface area contributed by atoms with Crippen molar-refractivity contribution in [2.24, 2.45) is 11.7 Å². The lowest BCUT2D eigenvalue weighted by molar-refractivity contribution is -0.142. The number of hydrogen-bond donors (Lipinski definition) is 8. The molecule has 0 bridgehead atoms. The molecule has 0 heterocycles. The van der Waals surface area contributed by atoms with Crippen molar-refractivity contribution in [3.8, 4) is 0 Å². The highest BCUT2D eigenvalue weighted by Gasteiger charge is 2.32. The van der Waals surface area contributed by atoms with Gasteiger partial charge in [-0.2, -0.15) is 12.6 Å². The Hall–Kier alpha value is -2.38. The first-order valence-corrected chi connectivity index (χ1v) is 10.3. The van der Waals surface area contributed by atoms with Crippen molar-refractivity contribution in [2.75, 3.05) is 5.75 Å². The number of nitrogens with two attached hydrogens (primary N) is 1. The Bertz CT molecular complexity index is 658. The third-order valence-electron chi connectivity index (χ3n) is 4.20. The van der Waals surface area contributed by atoms with Gasteiger partial charge in [0.2, 0.25) is 17.7 Å². The van der Waals surface area contributed by atoms with Gasteiger partial charge in [-0.3, -0.25) is 19.2 Å². The van der Waals surface area contributed by atoms with Crippen molar-refractivity contribution in [2.45, 2.75) is 70.3 Å². The number of carbonyl (C=O) groups excluding carboxylic acids is 3. The number of aliphatic carboxylic acids is 2. The molecule has 0 spiro atoms. The molecule has 5 unspecified atom stereocenters. The van der Waals surface area contributed by atoms with Crippen LogP contribution in [-0.2, 0) is 24.0 Å². The molecule has 12 nitrogen and oxygen atoms in total. The highest BCUT2D eigenvalue weighted by atomic mass is 32.1. The van der Waals surface area contributed by atoms with Crippen LogP contribution in [0, 0.1) is 5.92 Å². The summed E-state index contributed by atoms with van der Waals surface area (Å²) in [6.45, 7) is 4.90. The fraction of sp³-hybridized carbons (Fsp3) is 0.722. The van der Waals surface area contributed by atoms with E-state index < -0.39 is 66.4 Å². The number of nitrogens with one attached hydrogen (secondary N) is 3. The molecule has 5 atom stereocenters. The van der Waals surface area contributed by atoms with Crippen LogP contribution in [0.2, 0.25) is 0 Å². The number of carboxylic acids is 2. The maximum atomic E-state index is 12.7. The zero-order valence-corrected chi connectivity index (χ0v) is 18.6. The van der Waals surface area contributed by atoms with Crippen molar-refractivity contribution >= 4 is 42.3 Å². The molecular weight excluding hydrogens is 432 g/mol. The molecule has 8 N–H and O–H groups in total. The second kappa shape index (κ2) is 13.8. The fourth-order valence-corrected chi connectivity index (χ4v) is 2.78. The van der Waals surface area contributed by atoms with Gasteiger partial charge in [-0.25, -0.2) is 4.79 Å². The molecule has 0 aromatic rings. The van der Waals surface area contributed by atoms with E-state index in [4.69, 9.17) is 15.9 Å². The van der Waals surface area contributed by atoms with Gasteiger partial charge in [-0.15, -0.1) is 0 Å². The van der Waals surface area contributed by atoms with Crippen LogP contribution in [0.1, 0.15) is 40.0 Å². The number of aliphatic hydroxyl groups is 1. The normalized spacial score (nSPS) is 15.8. The lowest BCUT2D eigenvalue weighted by Gasteiger charge is -2.26. The molecule has 0 aliphatic carbocycles. The van der Waals surface area contributed by atoms with Crippen LogP contribution in [0.5, 0.6) is 0 Å². The summed E-state index contributed by atoms with van der Waals surface area (Å²) in [7, 11) is 0. The summed E-state index contributed by atoms with van der Waals surface area (Å²) in [6, 6.07) is -5.17. The maximum absolute atomic E-state index is 12.7. The molecule has 3 amide bonds. The molecule has 0 saturated heterocycles. The van der Waals surface area contributed by atoms with E-state index in [1.807, 2.05) is 13.8 Å². The van der Waals surface area contributed by atoms with E-state index in [-0.39, 0.29) is 18.1 Å². The summed E-state index contributed by atoms with van der Waals surface area (Å²) in [5.41, 5.74) is 5.79. The predicted molar refractivity (Wildman–Crippen MR) is 113 cm³/mol. The number of thiol groups is 1. The molecule has 0 rings (SSSR count). The number of carboxylic acid groups (broad SMARTS) is 2. The van der Waals surface area contributed by atoms with Crippen LogP contribution in [0.4, 0.5) is 0 Å². The summed E-state index contributed by atoms with van der Waals surface area (Å²) in [4.78, 5) is 59.3. The molecular formula is C18H32N4O8S. The summed E-state index contributed by atoms with van der Waals surface area (Å²) >= 11 is 3.82. The van der Waals surface area contributed by atoms with Gasteiger partial charge in [0.25, 0.3) is 0 Å². The minimum absolute atomic E-state index is 0.101. The number of rotatable bonds is 14. The van der Waals surface area contributed by atoms with Crippen molar-refractivity contribution in [3.63, 3.8) is 0 Å². The molecule has 0 saturated carbocycles. The maximum Gasteiger partial charge on any atom is 0.327 e. The first-order valence-electron chi connectivity index (χ1n) is 9.70. The molecule has 0 aromatic carbocycles. The minimum Gasteiger partial charge on any atom is -0.481 e. The number of amides is 3. The average Bonchev–Trinajstić information content (AvgIpc) is 2.65. The SMILES string of the molecule is CC(C)CC(N)C(=O)NC(CCC(=O)O)C(=O)NC(C(=O)NC(CS)C(=O)O)C(C)O. The van der Waals surface area contributed by atoms with E-state index in [1.54, 1.807) is 0 Å². The van der Waals surface area contributed by atoms with Gasteiger partial charge in [0.1, 0.15) is 18.1 Å². The van der Waals surface area contributed by atoms with Crippen LogP contribution in [0.3, 0.4) is 0 Å². The van der Waals surface area contributed by atoms with Crippen molar-refractivity contribution in [1.82, 2.24) is 16.0 Å². The van der Waals surface area contributed by atoms with Gasteiger partial charge < -0.3 is 37.0 Å². The Balaban J connectivity index is 5.40. The lowest BCUT2D eigenvalue weighted by Crippen LogP contribution is -2.60. The van der Waals surface area contributed by atoms with Gasteiger partial charge in [-0.05, 0) is 25.7 Å². The van der Waals surface area contributed by atoms with Crippen LogP contribution in [0.15, 0.2) is 0 Å². The predicted octanol–water partition coefficient (Wildman–Crippen LogP) is -1.93. The molecule has 0 aliphatic heterocycles. The largest absolute Gasteiger partial charge is 0.481 e. The Morgan fingerprint density at radius 3 is 1.87 bits per heavy atom. The van der Waals surface area contributed by atoms with Crippen LogP contribution in [-0.4, -0.2) is 81.0 Å². The number of hydrogen-bond acceptors (Lipinski definition) is 8. The summed E-state index contributed by atoms with van der Waals surface area (Å²) < 4.78 is 0. The van der Waals surface area contributed by atoms with Crippen molar-refractivity contribution < 1.29 is 39.3 Å². The fourth-order valence-electron chi connectivity index (χ4n) is 2.54. The standard InChI is InChI=1S/C18H32N4O8S/c1-8(2)6-10(19)15(26)20-11(4-5-13(24)25)16(27)22-14(9(3)23)17(28)21-12(7-31)18(29)30/h8-12,14,23,31H,4-7,19H2,1-3H3,(H,20,26)(H,21,28)(H,22,27)(H,24,25)(H,29,30). The Labute approximate surface area is 185 Å². The third-order valence-corrected chi connectivity index (χ3v) is 4.57. The second-order valence-corrected chi connectivity index (χ2v) is 7.90. The summed E-state index contributed by atoms with van der Waals surface area (Å²) in [6.07, 6.45) is -1.83. The summed E-state index contributed by atoms with van der Waals surface area (Å²) in [5.74, 6) is -5.27. The van der Waals surface area contributed by atoms with Gasteiger partial charge in [0.15, 0.2) is 0 Å².